The van der Waals surface area contributed by atoms with E-state index in [9.17, 15) is 4.79 Å². The highest BCUT2D eigenvalue weighted by Gasteiger charge is 2.26. The highest BCUT2D eigenvalue weighted by molar-refractivity contribution is 7.99. The molecule has 0 saturated carbocycles. The van der Waals surface area contributed by atoms with Gasteiger partial charge >= 0.3 is 0 Å². The number of carbonyl (C=O) groups is 1. The van der Waals surface area contributed by atoms with Crippen molar-refractivity contribution in [2.75, 3.05) is 38.7 Å². The number of nitrogens with zero attached hydrogens (tertiary/aromatic N) is 2. The molecule has 3 rings (SSSR count). The number of thioether (sulfide) groups is 1. The van der Waals surface area contributed by atoms with E-state index in [1.807, 2.05) is 30.1 Å². The van der Waals surface area contributed by atoms with E-state index in [-0.39, 0.29) is 5.91 Å². The van der Waals surface area contributed by atoms with Crippen LogP contribution >= 0.6 is 11.8 Å². The third kappa shape index (κ3) is 3.90. The molecular weight excluding hydrogens is 306 g/mol. The molecule has 1 N–H and O–H groups in total. The molecule has 0 spiro atoms. The van der Waals surface area contributed by atoms with Crippen molar-refractivity contribution in [3.05, 3.63) is 36.0 Å². The van der Waals surface area contributed by atoms with Crippen LogP contribution in [-0.2, 0) is 11.2 Å². The molecule has 23 heavy (non-hydrogen) atoms. The fraction of sp³-hybridized carbons (Fsp3) is 0.500. The van der Waals surface area contributed by atoms with Crippen molar-refractivity contribution >= 4 is 28.6 Å². The van der Waals surface area contributed by atoms with Gasteiger partial charge in [-0.3, -0.25) is 4.79 Å². The third-order valence-corrected chi connectivity index (χ3v) is 5.55. The predicted molar refractivity (Wildman–Crippen MR) is 98.0 cm³/mol. The van der Waals surface area contributed by atoms with Crippen molar-refractivity contribution in [3.63, 3.8) is 0 Å². The van der Waals surface area contributed by atoms with Gasteiger partial charge in [-0.1, -0.05) is 18.2 Å². The first-order valence-electron chi connectivity index (χ1n) is 8.22. The maximum Gasteiger partial charge on any atom is 0.227 e. The van der Waals surface area contributed by atoms with Crippen LogP contribution in [0.25, 0.3) is 10.9 Å². The Kier molecular flexibility index (Phi) is 5.28. The molecule has 1 aliphatic rings. The van der Waals surface area contributed by atoms with E-state index < -0.39 is 0 Å². The number of amides is 1. The van der Waals surface area contributed by atoms with E-state index in [2.05, 4.69) is 41.0 Å². The zero-order chi connectivity index (χ0) is 16.2. The number of hydrogen-bond acceptors (Lipinski definition) is 3. The first kappa shape index (κ1) is 16.4. The highest BCUT2D eigenvalue weighted by Crippen LogP contribution is 2.21. The van der Waals surface area contributed by atoms with Crippen LogP contribution in [0.5, 0.6) is 0 Å². The molecule has 0 bridgehead atoms. The third-order valence-electron chi connectivity index (χ3n) is 4.35. The van der Waals surface area contributed by atoms with Crippen molar-refractivity contribution in [1.29, 1.82) is 0 Å². The summed E-state index contributed by atoms with van der Waals surface area (Å²) in [4.78, 5) is 20.5. The summed E-state index contributed by atoms with van der Waals surface area (Å²) in [5.74, 6) is 2.45. The van der Waals surface area contributed by atoms with Gasteiger partial charge in [0, 0.05) is 35.9 Å². The number of para-hydroxylation sites is 1. The van der Waals surface area contributed by atoms with E-state index in [4.69, 9.17) is 0 Å². The second kappa shape index (κ2) is 7.41. The SMILES string of the molecule is CN(C)CC1CSCCCN1C(=O)Cc1c[nH]c2ccccc12. The number of rotatable bonds is 4. The minimum atomic E-state index is 0.254. The van der Waals surface area contributed by atoms with Crippen LogP contribution in [0, 0.1) is 0 Å². The summed E-state index contributed by atoms with van der Waals surface area (Å²) in [7, 11) is 4.16. The lowest BCUT2D eigenvalue weighted by Gasteiger charge is -2.31. The summed E-state index contributed by atoms with van der Waals surface area (Å²) in [5.41, 5.74) is 2.21. The van der Waals surface area contributed by atoms with Crippen LogP contribution < -0.4 is 0 Å². The molecule has 1 aromatic heterocycles. The summed E-state index contributed by atoms with van der Waals surface area (Å²) in [6, 6.07) is 8.51. The number of aromatic nitrogens is 1. The van der Waals surface area contributed by atoms with Crippen molar-refractivity contribution < 1.29 is 4.79 Å². The largest absolute Gasteiger partial charge is 0.361 e. The first-order chi connectivity index (χ1) is 11.1. The summed E-state index contributed by atoms with van der Waals surface area (Å²) in [6.45, 7) is 1.82. The summed E-state index contributed by atoms with van der Waals surface area (Å²) in [5, 5.41) is 1.16. The van der Waals surface area contributed by atoms with Crippen molar-refractivity contribution in [2.24, 2.45) is 0 Å². The van der Waals surface area contributed by atoms with Crippen LogP contribution in [0.2, 0.25) is 0 Å². The first-order valence-corrected chi connectivity index (χ1v) is 9.37. The normalized spacial score (nSPS) is 19.3. The summed E-state index contributed by atoms with van der Waals surface area (Å²) in [6.07, 6.45) is 3.56. The Labute approximate surface area is 142 Å². The van der Waals surface area contributed by atoms with Gasteiger partial charge in [-0.15, -0.1) is 0 Å². The Bertz CT molecular complexity index is 667. The van der Waals surface area contributed by atoms with Crippen LogP contribution in [0.3, 0.4) is 0 Å². The molecule has 0 aliphatic carbocycles. The second-order valence-electron chi connectivity index (χ2n) is 6.47. The van der Waals surface area contributed by atoms with E-state index in [1.54, 1.807) is 0 Å². The molecule has 1 fully saturated rings. The Morgan fingerprint density at radius 2 is 2.22 bits per heavy atom. The number of fused-ring (bicyclic) bond motifs is 1. The van der Waals surface area contributed by atoms with E-state index in [1.165, 1.54) is 0 Å². The molecule has 4 nitrogen and oxygen atoms in total. The van der Waals surface area contributed by atoms with Crippen molar-refractivity contribution in [3.8, 4) is 0 Å². The smallest absolute Gasteiger partial charge is 0.227 e. The fourth-order valence-corrected chi connectivity index (χ4v) is 4.33. The minimum absolute atomic E-state index is 0.254. The number of H-pyrrole nitrogens is 1. The molecule has 1 aromatic carbocycles. The topological polar surface area (TPSA) is 39.3 Å². The lowest BCUT2D eigenvalue weighted by atomic mass is 10.1. The van der Waals surface area contributed by atoms with Crippen LogP contribution in [-0.4, -0.2) is 65.4 Å². The Morgan fingerprint density at radius 3 is 3.04 bits per heavy atom. The van der Waals surface area contributed by atoms with Gasteiger partial charge in [0.1, 0.15) is 0 Å². The Balaban J connectivity index is 1.76. The molecule has 1 atom stereocenters. The van der Waals surface area contributed by atoms with Crippen molar-refractivity contribution in [2.45, 2.75) is 18.9 Å². The molecule has 0 radical (unpaired) electrons. The molecule has 2 heterocycles. The average molecular weight is 331 g/mol. The number of aromatic amines is 1. The van der Waals surface area contributed by atoms with Gasteiger partial charge in [0.05, 0.1) is 12.5 Å². The number of benzene rings is 1. The van der Waals surface area contributed by atoms with Gasteiger partial charge < -0.3 is 14.8 Å². The number of carbonyl (C=O) groups excluding carboxylic acids is 1. The maximum absolute atomic E-state index is 12.9. The molecular formula is C18H25N3OS. The molecule has 1 unspecified atom stereocenters. The van der Waals surface area contributed by atoms with Crippen LogP contribution in [0.4, 0.5) is 0 Å². The monoisotopic (exact) mass is 331 g/mol. The average Bonchev–Trinajstić information content (AvgIpc) is 2.78. The van der Waals surface area contributed by atoms with E-state index >= 15 is 0 Å². The lowest BCUT2D eigenvalue weighted by Crippen LogP contribution is -2.47. The minimum Gasteiger partial charge on any atom is -0.361 e. The van der Waals surface area contributed by atoms with Gasteiger partial charge in [0.15, 0.2) is 0 Å². The second-order valence-corrected chi connectivity index (χ2v) is 7.62. The highest BCUT2D eigenvalue weighted by atomic mass is 32.2. The Hall–Kier alpha value is -1.46. The van der Waals surface area contributed by atoms with E-state index in [0.29, 0.717) is 12.5 Å². The van der Waals surface area contributed by atoms with Gasteiger partial charge in [-0.25, -0.2) is 0 Å². The van der Waals surface area contributed by atoms with Gasteiger partial charge in [-0.2, -0.15) is 11.8 Å². The van der Waals surface area contributed by atoms with Crippen LogP contribution in [0.15, 0.2) is 30.5 Å². The lowest BCUT2D eigenvalue weighted by molar-refractivity contribution is -0.132. The molecule has 1 amide bonds. The molecule has 2 aromatic rings. The molecule has 124 valence electrons. The maximum atomic E-state index is 12.9. The Morgan fingerprint density at radius 1 is 1.39 bits per heavy atom. The van der Waals surface area contributed by atoms with Gasteiger partial charge in [-0.05, 0) is 37.9 Å². The quantitative estimate of drug-likeness (QED) is 0.936. The summed E-state index contributed by atoms with van der Waals surface area (Å²) >= 11 is 1.97. The number of nitrogens with one attached hydrogen (secondary N) is 1. The van der Waals surface area contributed by atoms with E-state index in [0.717, 1.165) is 47.5 Å². The molecule has 1 saturated heterocycles. The predicted octanol–water partition coefficient (Wildman–Crippen LogP) is 2.61. The fourth-order valence-electron chi connectivity index (χ4n) is 3.27. The molecule has 1 aliphatic heterocycles. The van der Waals surface area contributed by atoms with Gasteiger partial charge in [0.25, 0.3) is 0 Å². The standard InChI is InChI=1S/C18H25N3OS/c1-20(2)12-15-13-23-9-5-8-21(15)18(22)10-14-11-19-17-7-4-3-6-16(14)17/h3-4,6-7,11,15,19H,5,8-10,12-13H2,1-2H3. The zero-order valence-corrected chi connectivity index (χ0v) is 14.7. The number of hydrogen-bond donors (Lipinski definition) is 1. The summed E-state index contributed by atoms with van der Waals surface area (Å²) < 4.78 is 0. The van der Waals surface area contributed by atoms with Gasteiger partial charge in [0.2, 0.25) is 5.91 Å². The van der Waals surface area contributed by atoms with Crippen molar-refractivity contribution in [1.82, 2.24) is 14.8 Å². The molecule has 5 heteroatoms. The van der Waals surface area contributed by atoms with Crippen LogP contribution in [0.1, 0.15) is 12.0 Å². The zero-order valence-electron chi connectivity index (χ0n) is 13.9. The number of likely N-dealkylation sites (N-methyl/N-ethyl adjacent to an activating group) is 1.